The highest BCUT2D eigenvalue weighted by molar-refractivity contribution is 7.17. The first-order chi connectivity index (χ1) is 9.75. The highest BCUT2D eigenvalue weighted by Gasteiger charge is 2.14. The molecule has 0 radical (unpaired) electrons. The van der Waals surface area contributed by atoms with E-state index in [2.05, 4.69) is 9.97 Å². The summed E-state index contributed by atoms with van der Waals surface area (Å²) in [6.45, 7) is -0.198. The quantitative estimate of drug-likeness (QED) is 0.797. The predicted octanol–water partition coefficient (Wildman–Crippen LogP) is 2.22. The summed E-state index contributed by atoms with van der Waals surface area (Å²) in [5.41, 5.74) is 7.15. The SMILES string of the molecule is NC(=O)COc1ncnc2scc(-c3ccccc3)c12. The monoisotopic (exact) mass is 285 g/mol. The molecule has 20 heavy (non-hydrogen) atoms. The minimum atomic E-state index is -0.534. The topological polar surface area (TPSA) is 78.1 Å². The molecule has 0 unspecified atom stereocenters. The van der Waals surface area contributed by atoms with Crippen LogP contribution in [0.5, 0.6) is 5.88 Å². The Labute approximate surface area is 119 Å². The minimum Gasteiger partial charge on any atom is -0.467 e. The van der Waals surface area contributed by atoms with E-state index in [1.54, 1.807) is 0 Å². The molecule has 5 nitrogen and oxygen atoms in total. The van der Waals surface area contributed by atoms with E-state index in [9.17, 15) is 4.79 Å². The third-order valence-electron chi connectivity index (χ3n) is 2.77. The molecule has 0 saturated carbocycles. The van der Waals surface area contributed by atoms with Crippen molar-refractivity contribution in [2.24, 2.45) is 5.73 Å². The number of carbonyl (C=O) groups is 1. The summed E-state index contributed by atoms with van der Waals surface area (Å²) >= 11 is 1.51. The summed E-state index contributed by atoms with van der Waals surface area (Å²) in [6.07, 6.45) is 1.42. The van der Waals surface area contributed by atoms with E-state index >= 15 is 0 Å². The molecule has 0 bridgehead atoms. The van der Waals surface area contributed by atoms with Crippen LogP contribution in [-0.4, -0.2) is 22.5 Å². The lowest BCUT2D eigenvalue weighted by Gasteiger charge is -2.05. The first kappa shape index (κ1) is 12.6. The molecule has 0 fully saturated rings. The zero-order chi connectivity index (χ0) is 13.9. The highest BCUT2D eigenvalue weighted by atomic mass is 32.1. The number of nitrogens with two attached hydrogens (primary N) is 1. The van der Waals surface area contributed by atoms with E-state index in [-0.39, 0.29) is 6.61 Å². The van der Waals surface area contributed by atoms with Gasteiger partial charge >= 0.3 is 0 Å². The van der Waals surface area contributed by atoms with Crippen molar-refractivity contribution in [3.8, 4) is 17.0 Å². The highest BCUT2D eigenvalue weighted by Crippen LogP contribution is 2.37. The maximum atomic E-state index is 10.9. The van der Waals surface area contributed by atoms with Gasteiger partial charge in [0.05, 0.1) is 5.39 Å². The number of amides is 1. The molecule has 2 N–H and O–H groups in total. The van der Waals surface area contributed by atoms with Gasteiger partial charge in [-0.2, -0.15) is 0 Å². The van der Waals surface area contributed by atoms with Crippen LogP contribution in [0.3, 0.4) is 0 Å². The number of aromatic nitrogens is 2. The van der Waals surface area contributed by atoms with Crippen molar-refractivity contribution in [3.05, 3.63) is 42.0 Å². The van der Waals surface area contributed by atoms with E-state index in [0.29, 0.717) is 5.88 Å². The smallest absolute Gasteiger partial charge is 0.255 e. The fourth-order valence-corrected chi connectivity index (χ4v) is 2.83. The summed E-state index contributed by atoms with van der Waals surface area (Å²) in [5, 5.41) is 2.82. The number of thiophene rings is 1. The van der Waals surface area contributed by atoms with Gasteiger partial charge in [0, 0.05) is 10.9 Å². The molecule has 2 heterocycles. The fraction of sp³-hybridized carbons (Fsp3) is 0.0714. The average Bonchev–Trinajstić information content (AvgIpc) is 2.90. The Hall–Kier alpha value is -2.47. The van der Waals surface area contributed by atoms with Gasteiger partial charge in [0.25, 0.3) is 5.91 Å². The van der Waals surface area contributed by atoms with Crippen LogP contribution in [0.25, 0.3) is 21.3 Å². The van der Waals surface area contributed by atoms with Crippen molar-refractivity contribution in [1.82, 2.24) is 9.97 Å². The van der Waals surface area contributed by atoms with Crippen molar-refractivity contribution < 1.29 is 9.53 Å². The number of ether oxygens (including phenoxy) is 1. The minimum absolute atomic E-state index is 0.198. The molecular formula is C14H11N3O2S. The lowest BCUT2D eigenvalue weighted by Crippen LogP contribution is -2.20. The number of hydrogen-bond acceptors (Lipinski definition) is 5. The largest absolute Gasteiger partial charge is 0.467 e. The average molecular weight is 285 g/mol. The van der Waals surface area contributed by atoms with Gasteiger partial charge in [-0.25, -0.2) is 9.97 Å². The molecule has 6 heteroatoms. The first-order valence-electron chi connectivity index (χ1n) is 5.94. The molecule has 0 aliphatic carbocycles. The summed E-state index contributed by atoms with van der Waals surface area (Å²) in [7, 11) is 0. The Kier molecular flexibility index (Phi) is 3.30. The third-order valence-corrected chi connectivity index (χ3v) is 3.66. The van der Waals surface area contributed by atoms with E-state index in [1.165, 1.54) is 17.7 Å². The van der Waals surface area contributed by atoms with Gasteiger partial charge < -0.3 is 10.5 Å². The summed E-state index contributed by atoms with van der Waals surface area (Å²) < 4.78 is 5.38. The second kappa shape index (κ2) is 5.26. The number of benzene rings is 1. The van der Waals surface area contributed by atoms with Gasteiger partial charge in [0.1, 0.15) is 11.2 Å². The molecule has 0 saturated heterocycles. The van der Waals surface area contributed by atoms with Gasteiger partial charge in [0.15, 0.2) is 6.61 Å². The molecule has 3 rings (SSSR count). The molecule has 0 spiro atoms. The normalized spacial score (nSPS) is 10.6. The number of rotatable bonds is 4. The van der Waals surface area contributed by atoms with Crippen LogP contribution in [0.1, 0.15) is 0 Å². The summed E-state index contributed by atoms with van der Waals surface area (Å²) in [6, 6.07) is 9.90. The van der Waals surface area contributed by atoms with Crippen LogP contribution < -0.4 is 10.5 Å². The van der Waals surface area contributed by atoms with E-state index in [4.69, 9.17) is 10.5 Å². The molecular weight excluding hydrogens is 274 g/mol. The molecule has 2 aromatic heterocycles. The second-order valence-electron chi connectivity index (χ2n) is 4.13. The maximum Gasteiger partial charge on any atom is 0.255 e. The molecule has 3 aromatic rings. The molecule has 0 aliphatic heterocycles. The van der Waals surface area contributed by atoms with E-state index < -0.39 is 5.91 Å². The van der Waals surface area contributed by atoms with E-state index in [1.807, 2.05) is 35.7 Å². The van der Waals surface area contributed by atoms with Gasteiger partial charge in [-0.05, 0) is 5.56 Å². The van der Waals surface area contributed by atoms with Crippen LogP contribution in [0.15, 0.2) is 42.0 Å². The molecule has 0 atom stereocenters. The van der Waals surface area contributed by atoms with Crippen LogP contribution in [-0.2, 0) is 4.79 Å². The van der Waals surface area contributed by atoms with Crippen molar-refractivity contribution in [2.75, 3.05) is 6.61 Å². The zero-order valence-electron chi connectivity index (χ0n) is 10.4. The number of carbonyl (C=O) groups excluding carboxylic acids is 1. The van der Waals surface area contributed by atoms with Gasteiger partial charge in [0.2, 0.25) is 5.88 Å². The Bertz CT molecular complexity index is 755. The van der Waals surface area contributed by atoms with Crippen LogP contribution in [0, 0.1) is 0 Å². The predicted molar refractivity (Wildman–Crippen MR) is 77.5 cm³/mol. The molecule has 100 valence electrons. The van der Waals surface area contributed by atoms with Gasteiger partial charge in [-0.15, -0.1) is 11.3 Å². The van der Waals surface area contributed by atoms with E-state index in [0.717, 1.165) is 21.3 Å². The third kappa shape index (κ3) is 2.33. The van der Waals surface area contributed by atoms with Crippen LogP contribution in [0.4, 0.5) is 0 Å². The number of fused-ring (bicyclic) bond motifs is 1. The lowest BCUT2D eigenvalue weighted by atomic mass is 10.1. The molecule has 1 amide bonds. The van der Waals surface area contributed by atoms with Gasteiger partial charge in [-0.1, -0.05) is 30.3 Å². The second-order valence-corrected chi connectivity index (χ2v) is 4.99. The Morgan fingerprint density at radius 1 is 1.25 bits per heavy atom. The first-order valence-corrected chi connectivity index (χ1v) is 6.82. The van der Waals surface area contributed by atoms with Crippen molar-refractivity contribution in [2.45, 2.75) is 0 Å². The molecule has 1 aromatic carbocycles. The van der Waals surface area contributed by atoms with Crippen molar-refractivity contribution >= 4 is 27.5 Å². The van der Waals surface area contributed by atoms with Crippen LogP contribution >= 0.6 is 11.3 Å². The van der Waals surface area contributed by atoms with Gasteiger partial charge in [-0.3, -0.25) is 4.79 Å². The van der Waals surface area contributed by atoms with Crippen molar-refractivity contribution in [3.63, 3.8) is 0 Å². The number of primary amides is 1. The lowest BCUT2D eigenvalue weighted by molar-refractivity contribution is -0.120. The Morgan fingerprint density at radius 2 is 2.05 bits per heavy atom. The number of hydrogen-bond donors (Lipinski definition) is 1. The summed E-state index contributed by atoms with van der Waals surface area (Å²) in [4.78, 5) is 20.0. The van der Waals surface area contributed by atoms with Crippen molar-refractivity contribution in [1.29, 1.82) is 0 Å². The zero-order valence-corrected chi connectivity index (χ0v) is 11.3. The number of nitrogens with zero attached hydrogens (tertiary/aromatic N) is 2. The fourth-order valence-electron chi connectivity index (χ4n) is 1.93. The Morgan fingerprint density at radius 3 is 2.80 bits per heavy atom. The molecule has 0 aliphatic rings. The Balaban J connectivity index is 2.12. The summed E-state index contributed by atoms with van der Waals surface area (Å²) in [5.74, 6) is -0.151. The van der Waals surface area contributed by atoms with Crippen LogP contribution in [0.2, 0.25) is 0 Å². The standard InChI is InChI=1S/C14H11N3O2S/c15-11(18)6-19-13-12-10(9-4-2-1-3-5-9)7-20-14(12)17-8-16-13/h1-5,7-8H,6H2,(H2,15,18). The maximum absolute atomic E-state index is 10.9.